The zero-order chi connectivity index (χ0) is 14.5. The number of para-hydroxylation sites is 2. The summed E-state index contributed by atoms with van der Waals surface area (Å²) in [7, 11) is 1.25. The van der Waals surface area contributed by atoms with Gasteiger partial charge in [-0.15, -0.1) is 0 Å². The van der Waals surface area contributed by atoms with Gasteiger partial charge in [0.05, 0.1) is 12.0 Å². The molecule has 0 saturated carbocycles. The van der Waals surface area contributed by atoms with Crippen molar-refractivity contribution >= 4 is 23.2 Å². The summed E-state index contributed by atoms with van der Waals surface area (Å²) in [5.74, 6) is -0.368. The van der Waals surface area contributed by atoms with Crippen LogP contribution in [-0.2, 0) is 4.74 Å². The van der Waals surface area contributed by atoms with Gasteiger partial charge in [0, 0.05) is 12.3 Å². The van der Waals surface area contributed by atoms with E-state index in [0.29, 0.717) is 0 Å². The van der Waals surface area contributed by atoms with Crippen molar-refractivity contribution in [3.63, 3.8) is 0 Å². The average Bonchev–Trinajstić information content (AvgIpc) is 2.47. The first-order valence-corrected chi connectivity index (χ1v) is 5.67. The number of methoxy groups -OCH3 is 1. The van der Waals surface area contributed by atoms with Crippen LogP contribution in [0.25, 0.3) is 0 Å². The lowest BCUT2D eigenvalue weighted by molar-refractivity contribution is -0.383. The Morgan fingerprint density at radius 1 is 1.30 bits per heavy atom. The molecule has 2 aromatic rings. The van der Waals surface area contributed by atoms with Crippen LogP contribution in [0.1, 0.15) is 10.4 Å². The Bertz CT molecular complexity index is 658. The van der Waals surface area contributed by atoms with E-state index < -0.39 is 10.9 Å². The van der Waals surface area contributed by atoms with Gasteiger partial charge in [0.1, 0.15) is 17.1 Å². The maximum atomic E-state index is 11.6. The number of hydrogen-bond donors (Lipinski definition) is 1. The molecule has 0 aliphatic heterocycles. The number of ether oxygens (including phenoxy) is 1. The highest BCUT2D eigenvalue weighted by atomic mass is 16.6. The number of nitrogens with one attached hydrogen (secondary N) is 1. The summed E-state index contributed by atoms with van der Waals surface area (Å²) in [6.45, 7) is 0. The predicted octanol–water partition coefficient (Wildman–Crippen LogP) is 2.52. The third kappa shape index (κ3) is 2.72. The van der Waals surface area contributed by atoms with Crippen LogP contribution in [-0.4, -0.2) is 23.0 Å². The summed E-state index contributed by atoms with van der Waals surface area (Å²) in [5, 5.41) is 13.7. The molecule has 0 radical (unpaired) electrons. The van der Waals surface area contributed by atoms with Gasteiger partial charge in [-0.25, -0.2) is 9.78 Å². The molecular weight excluding hydrogens is 262 g/mol. The summed E-state index contributed by atoms with van der Waals surface area (Å²) in [4.78, 5) is 26.0. The first-order chi connectivity index (χ1) is 9.63. The highest BCUT2D eigenvalue weighted by Gasteiger charge is 2.17. The molecule has 0 spiro atoms. The first-order valence-electron chi connectivity index (χ1n) is 5.67. The van der Waals surface area contributed by atoms with Gasteiger partial charge in [0.15, 0.2) is 0 Å². The number of nitro benzene ring substituents is 1. The minimum Gasteiger partial charge on any atom is -0.465 e. The third-order valence-corrected chi connectivity index (χ3v) is 2.57. The molecule has 1 aromatic carbocycles. The highest BCUT2D eigenvalue weighted by molar-refractivity contribution is 5.95. The largest absolute Gasteiger partial charge is 0.465 e. The Hall–Kier alpha value is -2.96. The number of nitro groups is 1. The molecule has 0 amide bonds. The maximum Gasteiger partial charge on any atom is 0.341 e. The van der Waals surface area contributed by atoms with E-state index in [1.807, 2.05) is 0 Å². The highest BCUT2D eigenvalue weighted by Crippen LogP contribution is 2.27. The Kier molecular flexibility index (Phi) is 3.90. The molecule has 2 rings (SSSR count). The number of anilines is 2. The van der Waals surface area contributed by atoms with E-state index in [1.165, 1.54) is 31.5 Å². The van der Waals surface area contributed by atoms with Crippen LogP contribution in [0.4, 0.5) is 17.2 Å². The lowest BCUT2D eigenvalue weighted by atomic mass is 10.2. The predicted molar refractivity (Wildman–Crippen MR) is 72.0 cm³/mol. The lowest BCUT2D eigenvalue weighted by Crippen LogP contribution is -2.07. The van der Waals surface area contributed by atoms with E-state index in [1.54, 1.807) is 18.2 Å². The van der Waals surface area contributed by atoms with Crippen molar-refractivity contribution in [2.75, 3.05) is 12.4 Å². The van der Waals surface area contributed by atoms with E-state index >= 15 is 0 Å². The van der Waals surface area contributed by atoms with E-state index in [-0.39, 0.29) is 22.8 Å². The van der Waals surface area contributed by atoms with Crippen LogP contribution >= 0.6 is 0 Å². The van der Waals surface area contributed by atoms with Crippen molar-refractivity contribution in [2.24, 2.45) is 0 Å². The van der Waals surface area contributed by atoms with Gasteiger partial charge in [0.2, 0.25) is 0 Å². The molecule has 7 heteroatoms. The number of esters is 1. The van der Waals surface area contributed by atoms with Crippen LogP contribution in [0.3, 0.4) is 0 Å². The topological polar surface area (TPSA) is 94.4 Å². The number of carbonyl (C=O) groups excluding carboxylic acids is 1. The molecule has 0 atom stereocenters. The quantitative estimate of drug-likeness (QED) is 0.522. The van der Waals surface area contributed by atoms with Crippen molar-refractivity contribution in [3.05, 3.63) is 58.3 Å². The van der Waals surface area contributed by atoms with Crippen molar-refractivity contribution < 1.29 is 14.5 Å². The lowest BCUT2D eigenvalue weighted by Gasteiger charge is -2.09. The Balaban J connectivity index is 2.41. The number of hydrogen-bond acceptors (Lipinski definition) is 6. The molecule has 0 saturated heterocycles. The fourth-order valence-electron chi connectivity index (χ4n) is 1.65. The molecule has 0 aliphatic rings. The SMILES string of the molecule is COC(=O)c1cccnc1Nc1ccccc1[N+](=O)[O-]. The van der Waals surface area contributed by atoms with Crippen molar-refractivity contribution in [1.29, 1.82) is 0 Å². The molecular formula is C13H11N3O4. The number of aromatic nitrogens is 1. The van der Waals surface area contributed by atoms with Crippen LogP contribution in [0, 0.1) is 10.1 Å². The molecule has 1 heterocycles. The summed E-state index contributed by atoms with van der Waals surface area (Å²) in [6, 6.07) is 9.21. The fourth-order valence-corrected chi connectivity index (χ4v) is 1.65. The summed E-state index contributed by atoms with van der Waals surface area (Å²) < 4.78 is 4.64. The molecule has 0 unspecified atom stereocenters. The molecule has 102 valence electrons. The first kappa shape index (κ1) is 13.5. The van der Waals surface area contributed by atoms with Gasteiger partial charge in [-0.1, -0.05) is 12.1 Å². The van der Waals surface area contributed by atoms with Crippen LogP contribution in [0.5, 0.6) is 0 Å². The van der Waals surface area contributed by atoms with E-state index in [9.17, 15) is 14.9 Å². The van der Waals surface area contributed by atoms with E-state index in [0.717, 1.165) is 0 Å². The van der Waals surface area contributed by atoms with Gasteiger partial charge in [0.25, 0.3) is 5.69 Å². The van der Waals surface area contributed by atoms with Crippen LogP contribution in [0.2, 0.25) is 0 Å². The molecule has 0 bridgehead atoms. The zero-order valence-electron chi connectivity index (χ0n) is 10.6. The average molecular weight is 273 g/mol. The molecule has 0 aliphatic carbocycles. The summed E-state index contributed by atoms with van der Waals surface area (Å²) >= 11 is 0. The third-order valence-electron chi connectivity index (χ3n) is 2.57. The second-order valence-corrected chi connectivity index (χ2v) is 3.79. The van der Waals surface area contributed by atoms with E-state index in [2.05, 4.69) is 15.0 Å². The molecule has 20 heavy (non-hydrogen) atoms. The maximum absolute atomic E-state index is 11.6. The van der Waals surface area contributed by atoms with Crippen LogP contribution in [0.15, 0.2) is 42.6 Å². The van der Waals surface area contributed by atoms with Crippen LogP contribution < -0.4 is 5.32 Å². The van der Waals surface area contributed by atoms with Gasteiger partial charge < -0.3 is 10.1 Å². The summed E-state index contributed by atoms with van der Waals surface area (Å²) in [5.41, 5.74) is 0.350. The van der Waals surface area contributed by atoms with Crippen molar-refractivity contribution in [3.8, 4) is 0 Å². The van der Waals surface area contributed by atoms with Crippen molar-refractivity contribution in [1.82, 2.24) is 4.98 Å². The molecule has 0 fully saturated rings. The molecule has 1 aromatic heterocycles. The number of rotatable bonds is 4. The second kappa shape index (κ2) is 5.79. The normalized spacial score (nSPS) is 9.85. The standard InChI is InChI=1S/C13H11N3O4/c1-20-13(17)9-5-4-8-14-12(9)15-10-6-2-3-7-11(10)16(18)19/h2-8H,1H3,(H,14,15). The summed E-state index contributed by atoms with van der Waals surface area (Å²) in [6.07, 6.45) is 1.48. The van der Waals surface area contributed by atoms with Crippen molar-refractivity contribution in [2.45, 2.75) is 0 Å². The van der Waals surface area contributed by atoms with E-state index in [4.69, 9.17) is 0 Å². The number of pyridine rings is 1. The Morgan fingerprint density at radius 3 is 2.75 bits per heavy atom. The fraction of sp³-hybridized carbons (Fsp3) is 0.0769. The second-order valence-electron chi connectivity index (χ2n) is 3.79. The number of nitrogens with zero attached hydrogens (tertiary/aromatic N) is 2. The Morgan fingerprint density at radius 2 is 2.05 bits per heavy atom. The smallest absolute Gasteiger partial charge is 0.341 e. The zero-order valence-corrected chi connectivity index (χ0v) is 10.6. The minimum atomic E-state index is -0.570. The van der Waals surface area contributed by atoms with Gasteiger partial charge in [-0.2, -0.15) is 0 Å². The Labute approximate surface area is 114 Å². The minimum absolute atomic E-state index is 0.103. The molecule has 1 N–H and O–H groups in total. The monoisotopic (exact) mass is 273 g/mol. The molecule has 7 nitrogen and oxygen atoms in total. The van der Waals surface area contributed by atoms with Gasteiger partial charge in [-0.05, 0) is 18.2 Å². The number of benzene rings is 1. The van der Waals surface area contributed by atoms with Gasteiger partial charge in [-0.3, -0.25) is 10.1 Å². The number of carbonyl (C=O) groups is 1. The van der Waals surface area contributed by atoms with Gasteiger partial charge >= 0.3 is 5.97 Å².